The third-order valence-corrected chi connectivity index (χ3v) is 3.97. The van der Waals surface area contributed by atoms with Gasteiger partial charge in [-0.15, -0.1) is 0 Å². The number of hydrogen-bond acceptors (Lipinski definition) is 3. The number of rotatable bonds is 4. The first-order valence-corrected chi connectivity index (χ1v) is 8.06. The Kier molecular flexibility index (Phi) is 5.46. The van der Waals surface area contributed by atoms with Crippen LogP contribution in [-0.2, 0) is 4.74 Å². The Balaban J connectivity index is 1.76. The third kappa shape index (κ3) is 5.02. The molecule has 1 amide bonds. The number of amides is 1. The van der Waals surface area contributed by atoms with E-state index >= 15 is 0 Å². The lowest BCUT2D eigenvalue weighted by Crippen LogP contribution is -2.35. The van der Waals surface area contributed by atoms with Gasteiger partial charge in [-0.2, -0.15) is 0 Å². The highest BCUT2D eigenvalue weighted by molar-refractivity contribution is 5.68. The van der Waals surface area contributed by atoms with E-state index in [1.165, 1.54) is 0 Å². The molecule has 1 heterocycles. The Morgan fingerprint density at radius 2 is 2.05 bits per heavy atom. The van der Waals surface area contributed by atoms with Crippen molar-refractivity contribution in [2.45, 2.75) is 51.7 Å². The molecule has 2 rings (SSSR count). The van der Waals surface area contributed by atoms with Crippen LogP contribution in [0.25, 0.3) is 0 Å². The van der Waals surface area contributed by atoms with Crippen molar-refractivity contribution in [3.8, 4) is 0 Å². The first kappa shape index (κ1) is 16.8. The van der Waals surface area contributed by atoms with Gasteiger partial charge in [0, 0.05) is 13.1 Å². The van der Waals surface area contributed by atoms with E-state index < -0.39 is 11.7 Å². The molecule has 0 bridgehead atoms. The van der Waals surface area contributed by atoms with Crippen LogP contribution < -0.4 is 0 Å². The monoisotopic (exact) mass is 305 g/mol. The molecule has 1 aromatic rings. The fourth-order valence-electron chi connectivity index (χ4n) is 2.80. The molecule has 0 spiro atoms. The standard InChI is InChI=1S/C18H27NO3/c1-18(2,3)22-17(21)19-12-11-14(13-19)9-10-16(20)15-7-5-4-6-8-15/h4-8,14,16,20H,9-13H2,1-3H3. The molecule has 22 heavy (non-hydrogen) atoms. The number of nitrogens with zero attached hydrogens (tertiary/aromatic N) is 1. The van der Waals surface area contributed by atoms with Gasteiger partial charge in [0.15, 0.2) is 0 Å². The lowest BCUT2D eigenvalue weighted by atomic mass is 9.97. The molecule has 1 aliphatic heterocycles. The maximum absolute atomic E-state index is 12.0. The molecule has 0 saturated carbocycles. The number of carbonyl (C=O) groups is 1. The first-order valence-electron chi connectivity index (χ1n) is 8.06. The van der Waals surface area contributed by atoms with Crippen molar-refractivity contribution in [2.75, 3.05) is 13.1 Å². The van der Waals surface area contributed by atoms with E-state index in [0.717, 1.165) is 37.9 Å². The molecule has 1 aliphatic rings. The maximum Gasteiger partial charge on any atom is 0.410 e. The predicted molar refractivity (Wildman–Crippen MR) is 86.5 cm³/mol. The SMILES string of the molecule is CC(C)(C)OC(=O)N1CCC(CCC(O)c2ccccc2)C1. The summed E-state index contributed by atoms with van der Waals surface area (Å²) in [6.07, 6.45) is 2.00. The number of ether oxygens (including phenoxy) is 1. The molecule has 2 unspecified atom stereocenters. The van der Waals surface area contributed by atoms with Crippen LogP contribution in [0, 0.1) is 5.92 Å². The lowest BCUT2D eigenvalue weighted by Gasteiger charge is -2.24. The quantitative estimate of drug-likeness (QED) is 0.921. The van der Waals surface area contributed by atoms with E-state index in [-0.39, 0.29) is 6.09 Å². The summed E-state index contributed by atoms with van der Waals surface area (Å²) in [4.78, 5) is 13.8. The third-order valence-electron chi connectivity index (χ3n) is 3.97. The Labute approximate surface area is 133 Å². The van der Waals surface area contributed by atoms with E-state index in [2.05, 4.69) is 0 Å². The van der Waals surface area contributed by atoms with Crippen molar-refractivity contribution in [1.82, 2.24) is 4.90 Å². The average Bonchev–Trinajstić information content (AvgIpc) is 2.93. The number of carbonyl (C=O) groups excluding carboxylic acids is 1. The molecule has 0 aromatic heterocycles. The van der Waals surface area contributed by atoms with Crippen LogP contribution in [0.3, 0.4) is 0 Å². The van der Waals surface area contributed by atoms with E-state index in [9.17, 15) is 9.90 Å². The Hall–Kier alpha value is -1.55. The minimum absolute atomic E-state index is 0.224. The Bertz CT molecular complexity index is 481. The highest BCUT2D eigenvalue weighted by Crippen LogP contribution is 2.27. The molecule has 0 radical (unpaired) electrons. The average molecular weight is 305 g/mol. The fourth-order valence-corrected chi connectivity index (χ4v) is 2.80. The van der Waals surface area contributed by atoms with Gasteiger partial charge in [-0.1, -0.05) is 30.3 Å². The zero-order chi connectivity index (χ0) is 16.2. The second-order valence-electron chi connectivity index (χ2n) is 7.08. The van der Waals surface area contributed by atoms with Crippen molar-refractivity contribution in [3.05, 3.63) is 35.9 Å². The van der Waals surface area contributed by atoms with Gasteiger partial charge >= 0.3 is 6.09 Å². The van der Waals surface area contributed by atoms with Crippen molar-refractivity contribution < 1.29 is 14.6 Å². The zero-order valence-electron chi connectivity index (χ0n) is 13.8. The largest absolute Gasteiger partial charge is 0.444 e. The number of aliphatic hydroxyl groups excluding tert-OH is 1. The number of benzene rings is 1. The topological polar surface area (TPSA) is 49.8 Å². The highest BCUT2D eigenvalue weighted by Gasteiger charge is 2.29. The maximum atomic E-state index is 12.0. The highest BCUT2D eigenvalue weighted by atomic mass is 16.6. The van der Waals surface area contributed by atoms with Gasteiger partial charge in [-0.25, -0.2) is 4.79 Å². The van der Waals surface area contributed by atoms with Gasteiger partial charge in [-0.05, 0) is 51.5 Å². The summed E-state index contributed by atoms with van der Waals surface area (Å²) in [5.41, 5.74) is 0.517. The van der Waals surface area contributed by atoms with E-state index in [4.69, 9.17) is 4.74 Å². The summed E-state index contributed by atoms with van der Waals surface area (Å²) in [5.74, 6) is 0.450. The van der Waals surface area contributed by atoms with Gasteiger partial charge in [0.2, 0.25) is 0 Å². The summed E-state index contributed by atoms with van der Waals surface area (Å²) in [5, 5.41) is 10.2. The van der Waals surface area contributed by atoms with Crippen molar-refractivity contribution >= 4 is 6.09 Å². The summed E-state index contributed by atoms with van der Waals surface area (Å²) >= 11 is 0. The molecular formula is C18H27NO3. The summed E-state index contributed by atoms with van der Waals surface area (Å²) in [7, 11) is 0. The minimum atomic E-state index is -0.446. The molecule has 4 heteroatoms. The van der Waals surface area contributed by atoms with Crippen LogP contribution in [0.15, 0.2) is 30.3 Å². The molecule has 4 nitrogen and oxygen atoms in total. The van der Waals surface area contributed by atoms with Gasteiger partial charge in [0.25, 0.3) is 0 Å². The van der Waals surface area contributed by atoms with Crippen LogP contribution in [0.5, 0.6) is 0 Å². The minimum Gasteiger partial charge on any atom is -0.444 e. The van der Waals surface area contributed by atoms with Gasteiger partial charge in [0.1, 0.15) is 5.60 Å². The smallest absolute Gasteiger partial charge is 0.410 e. The van der Waals surface area contributed by atoms with Crippen LogP contribution in [0.4, 0.5) is 4.79 Å². The van der Waals surface area contributed by atoms with E-state index in [1.54, 1.807) is 4.90 Å². The number of hydrogen-bond donors (Lipinski definition) is 1. The van der Waals surface area contributed by atoms with Crippen molar-refractivity contribution in [3.63, 3.8) is 0 Å². The lowest BCUT2D eigenvalue weighted by molar-refractivity contribution is 0.0286. The zero-order valence-corrected chi connectivity index (χ0v) is 13.8. The van der Waals surface area contributed by atoms with Crippen molar-refractivity contribution in [1.29, 1.82) is 0 Å². The fraction of sp³-hybridized carbons (Fsp3) is 0.611. The van der Waals surface area contributed by atoms with Gasteiger partial charge < -0.3 is 14.7 Å². The molecule has 1 fully saturated rings. The predicted octanol–water partition coefficient (Wildman–Crippen LogP) is 3.76. The molecular weight excluding hydrogens is 278 g/mol. The molecule has 1 aromatic carbocycles. The number of aliphatic hydroxyl groups is 1. The van der Waals surface area contributed by atoms with Crippen molar-refractivity contribution in [2.24, 2.45) is 5.92 Å². The van der Waals surface area contributed by atoms with Gasteiger partial charge in [-0.3, -0.25) is 0 Å². The molecule has 1 N–H and O–H groups in total. The molecule has 2 atom stereocenters. The molecule has 0 aliphatic carbocycles. The second kappa shape index (κ2) is 7.14. The van der Waals surface area contributed by atoms with Gasteiger partial charge in [0.05, 0.1) is 6.10 Å². The van der Waals surface area contributed by atoms with Crippen LogP contribution in [0.2, 0.25) is 0 Å². The Morgan fingerprint density at radius 1 is 1.36 bits per heavy atom. The van der Waals surface area contributed by atoms with Crippen LogP contribution in [-0.4, -0.2) is 34.8 Å². The second-order valence-corrected chi connectivity index (χ2v) is 7.08. The van der Waals surface area contributed by atoms with Crippen LogP contribution >= 0.6 is 0 Å². The summed E-state index contributed by atoms with van der Waals surface area (Å²) < 4.78 is 5.40. The van der Waals surface area contributed by atoms with E-state index in [0.29, 0.717) is 5.92 Å². The Morgan fingerprint density at radius 3 is 2.68 bits per heavy atom. The van der Waals surface area contributed by atoms with E-state index in [1.807, 2.05) is 51.1 Å². The molecule has 122 valence electrons. The van der Waals surface area contributed by atoms with Crippen LogP contribution in [0.1, 0.15) is 51.7 Å². The molecule has 1 saturated heterocycles. The first-order chi connectivity index (χ1) is 10.3. The summed E-state index contributed by atoms with van der Waals surface area (Å²) in [6, 6.07) is 9.74. The number of likely N-dealkylation sites (tertiary alicyclic amines) is 1. The summed E-state index contributed by atoms with van der Waals surface area (Å²) in [6.45, 7) is 7.13. The normalized spacial score (nSPS) is 20.0.